The number of amides is 1. The second-order valence-electron chi connectivity index (χ2n) is 8.82. The molecule has 2 aliphatic rings. The van der Waals surface area contributed by atoms with Crippen molar-refractivity contribution in [2.45, 2.75) is 65.0 Å². The van der Waals surface area contributed by atoms with Gasteiger partial charge in [-0.05, 0) is 62.3 Å². The number of likely N-dealkylation sites (tertiary alicyclic amines) is 1. The molecule has 1 aromatic carbocycles. The van der Waals surface area contributed by atoms with Gasteiger partial charge in [-0.1, -0.05) is 13.8 Å². The van der Waals surface area contributed by atoms with Crippen LogP contribution in [0.4, 0.5) is 10.6 Å². The molecule has 0 spiro atoms. The molecule has 1 unspecified atom stereocenters. The minimum atomic E-state index is -0.343. The van der Waals surface area contributed by atoms with Crippen LogP contribution in [-0.2, 0) is 35.2 Å². The van der Waals surface area contributed by atoms with Gasteiger partial charge in [-0.2, -0.15) is 0 Å². The number of aromatic nitrogens is 2. The zero-order valence-corrected chi connectivity index (χ0v) is 20.9. The molecule has 0 radical (unpaired) electrons. The SMILES string of the molecule is CCO[C@H]1CN(C(=O)OC)CC1Nc1nc(CC)c(-c2cc3c(cc2OC)CCC3)nc1CC. The van der Waals surface area contributed by atoms with Gasteiger partial charge in [0.05, 0.1) is 50.0 Å². The lowest BCUT2D eigenvalue weighted by atomic mass is 10.0. The Morgan fingerprint density at radius 2 is 1.79 bits per heavy atom. The van der Waals surface area contributed by atoms with Gasteiger partial charge in [0.1, 0.15) is 11.6 Å². The number of anilines is 1. The molecule has 4 rings (SSSR count). The summed E-state index contributed by atoms with van der Waals surface area (Å²) in [6.45, 7) is 7.69. The van der Waals surface area contributed by atoms with E-state index < -0.39 is 0 Å². The van der Waals surface area contributed by atoms with Gasteiger partial charge in [0.2, 0.25) is 0 Å². The van der Waals surface area contributed by atoms with Crippen LogP contribution in [0.2, 0.25) is 0 Å². The van der Waals surface area contributed by atoms with E-state index in [2.05, 4.69) is 31.3 Å². The molecule has 2 aromatic rings. The monoisotopic (exact) mass is 468 g/mol. The van der Waals surface area contributed by atoms with Gasteiger partial charge in [0.25, 0.3) is 0 Å². The van der Waals surface area contributed by atoms with E-state index in [1.807, 2.05) is 6.92 Å². The first kappa shape index (κ1) is 24.3. The average molecular weight is 469 g/mol. The largest absolute Gasteiger partial charge is 0.496 e. The van der Waals surface area contributed by atoms with Crippen LogP contribution in [0.1, 0.15) is 49.7 Å². The standard InChI is InChI=1S/C26H36N4O4/c1-6-19-24(18-12-16-10-9-11-17(16)13-22(18)32-4)27-20(7-2)25(28-19)29-21-14-30(26(31)33-5)15-23(21)34-8-3/h12-13,21,23H,6-11,14-15H2,1-5H3,(H,28,29)/t21?,23-/m0/s1. The van der Waals surface area contributed by atoms with E-state index in [9.17, 15) is 4.79 Å². The van der Waals surface area contributed by atoms with Gasteiger partial charge in [-0.25, -0.2) is 14.8 Å². The molecule has 1 aliphatic heterocycles. The smallest absolute Gasteiger partial charge is 0.409 e. The molecule has 2 heterocycles. The van der Waals surface area contributed by atoms with Gasteiger partial charge in [-0.15, -0.1) is 0 Å². The van der Waals surface area contributed by atoms with Gasteiger partial charge in [-0.3, -0.25) is 0 Å². The van der Waals surface area contributed by atoms with Gasteiger partial charge < -0.3 is 24.4 Å². The van der Waals surface area contributed by atoms with Crippen molar-refractivity contribution in [2.75, 3.05) is 39.2 Å². The highest BCUT2D eigenvalue weighted by Gasteiger charge is 2.37. The van der Waals surface area contributed by atoms with Crippen LogP contribution in [0.25, 0.3) is 11.3 Å². The summed E-state index contributed by atoms with van der Waals surface area (Å²) in [4.78, 5) is 23.9. The first-order chi connectivity index (χ1) is 16.5. The van der Waals surface area contributed by atoms with E-state index in [0.717, 1.165) is 59.9 Å². The second-order valence-corrected chi connectivity index (χ2v) is 8.82. The van der Waals surface area contributed by atoms with Crippen molar-refractivity contribution in [3.63, 3.8) is 0 Å². The number of fused-ring (bicyclic) bond motifs is 1. The molecule has 0 saturated carbocycles. The highest BCUT2D eigenvalue weighted by molar-refractivity contribution is 5.73. The highest BCUT2D eigenvalue weighted by atomic mass is 16.5. The second kappa shape index (κ2) is 10.6. The maximum atomic E-state index is 12.1. The lowest BCUT2D eigenvalue weighted by Gasteiger charge is -2.22. The fourth-order valence-corrected chi connectivity index (χ4v) is 5.03. The van der Waals surface area contributed by atoms with E-state index >= 15 is 0 Å². The lowest BCUT2D eigenvalue weighted by Crippen LogP contribution is -2.35. The average Bonchev–Trinajstić information content (AvgIpc) is 3.49. The number of benzene rings is 1. The summed E-state index contributed by atoms with van der Waals surface area (Å²) < 4.78 is 16.6. The maximum Gasteiger partial charge on any atom is 0.409 e. The molecule has 0 bridgehead atoms. The van der Waals surface area contributed by atoms with Gasteiger partial charge in [0.15, 0.2) is 0 Å². The number of nitrogens with one attached hydrogen (secondary N) is 1. The predicted octanol–water partition coefficient (Wildman–Crippen LogP) is 4.03. The lowest BCUT2D eigenvalue weighted by molar-refractivity contribution is 0.0613. The van der Waals surface area contributed by atoms with E-state index in [1.54, 1.807) is 12.0 Å². The Morgan fingerprint density at radius 1 is 1.06 bits per heavy atom. The molecule has 1 amide bonds. The first-order valence-electron chi connectivity index (χ1n) is 12.3. The number of hydrogen-bond donors (Lipinski definition) is 1. The van der Waals surface area contributed by atoms with Crippen LogP contribution in [0, 0.1) is 0 Å². The molecule has 1 aromatic heterocycles. The third kappa shape index (κ3) is 4.69. The zero-order valence-electron chi connectivity index (χ0n) is 20.9. The molecular weight excluding hydrogens is 432 g/mol. The van der Waals surface area contributed by atoms with Crippen molar-refractivity contribution >= 4 is 11.9 Å². The van der Waals surface area contributed by atoms with Crippen LogP contribution < -0.4 is 10.1 Å². The minimum Gasteiger partial charge on any atom is -0.496 e. The Kier molecular flexibility index (Phi) is 7.56. The van der Waals surface area contributed by atoms with Crippen molar-refractivity contribution in [3.05, 3.63) is 34.6 Å². The summed E-state index contributed by atoms with van der Waals surface area (Å²) in [7, 11) is 3.12. The summed E-state index contributed by atoms with van der Waals surface area (Å²) >= 11 is 0. The van der Waals surface area contributed by atoms with Gasteiger partial charge in [0, 0.05) is 18.7 Å². The molecule has 8 heteroatoms. The van der Waals surface area contributed by atoms with Crippen molar-refractivity contribution in [1.29, 1.82) is 0 Å². The van der Waals surface area contributed by atoms with Crippen molar-refractivity contribution in [3.8, 4) is 17.0 Å². The summed E-state index contributed by atoms with van der Waals surface area (Å²) in [6, 6.07) is 4.32. The molecular formula is C26H36N4O4. The molecule has 34 heavy (non-hydrogen) atoms. The Labute approximate surface area is 202 Å². The predicted molar refractivity (Wildman–Crippen MR) is 132 cm³/mol. The van der Waals surface area contributed by atoms with Crippen LogP contribution in [-0.4, -0.2) is 67.0 Å². The summed E-state index contributed by atoms with van der Waals surface area (Å²) in [6.07, 6.45) is 4.37. The highest BCUT2D eigenvalue weighted by Crippen LogP contribution is 2.37. The van der Waals surface area contributed by atoms with Crippen LogP contribution in [0.3, 0.4) is 0 Å². The van der Waals surface area contributed by atoms with Crippen molar-refractivity contribution in [2.24, 2.45) is 0 Å². The molecule has 184 valence electrons. The fraction of sp³-hybridized carbons (Fsp3) is 0.577. The number of rotatable bonds is 8. The van der Waals surface area contributed by atoms with Gasteiger partial charge >= 0.3 is 6.09 Å². The Hall–Kier alpha value is -2.87. The van der Waals surface area contributed by atoms with Crippen LogP contribution >= 0.6 is 0 Å². The Morgan fingerprint density at radius 3 is 2.44 bits per heavy atom. The molecule has 1 aliphatic carbocycles. The zero-order chi connectivity index (χ0) is 24.2. The van der Waals surface area contributed by atoms with E-state index in [0.29, 0.717) is 19.7 Å². The quantitative estimate of drug-likeness (QED) is 0.626. The number of carbonyl (C=O) groups excluding carboxylic acids is 1. The van der Waals surface area contributed by atoms with E-state index in [-0.39, 0.29) is 18.2 Å². The normalized spacial score (nSPS) is 19.3. The number of aryl methyl sites for hydroxylation is 4. The number of ether oxygens (including phenoxy) is 3. The molecule has 1 saturated heterocycles. The van der Waals surface area contributed by atoms with E-state index in [4.69, 9.17) is 24.2 Å². The molecule has 8 nitrogen and oxygen atoms in total. The summed E-state index contributed by atoms with van der Waals surface area (Å²) in [5.41, 5.74) is 6.47. The van der Waals surface area contributed by atoms with Crippen molar-refractivity contribution in [1.82, 2.24) is 14.9 Å². The third-order valence-corrected chi connectivity index (χ3v) is 6.78. The number of carbonyl (C=O) groups is 1. The fourth-order valence-electron chi connectivity index (χ4n) is 5.03. The number of nitrogens with zero attached hydrogens (tertiary/aromatic N) is 3. The first-order valence-corrected chi connectivity index (χ1v) is 12.3. The van der Waals surface area contributed by atoms with Crippen LogP contribution in [0.5, 0.6) is 5.75 Å². The molecule has 2 atom stereocenters. The number of methoxy groups -OCH3 is 2. The Balaban J connectivity index is 1.69. The summed E-state index contributed by atoms with van der Waals surface area (Å²) in [5, 5.41) is 3.55. The van der Waals surface area contributed by atoms with Crippen LogP contribution in [0.15, 0.2) is 12.1 Å². The molecule has 1 fully saturated rings. The third-order valence-electron chi connectivity index (χ3n) is 6.78. The number of hydrogen-bond acceptors (Lipinski definition) is 7. The minimum absolute atomic E-state index is 0.0938. The molecule has 1 N–H and O–H groups in total. The Bertz CT molecular complexity index is 1040. The van der Waals surface area contributed by atoms with Crippen molar-refractivity contribution < 1.29 is 19.0 Å². The topological polar surface area (TPSA) is 85.8 Å². The van der Waals surface area contributed by atoms with E-state index in [1.165, 1.54) is 24.7 Å². The summed E-state index contributed by atoms with van der Waals surface area (Å²) in [5.74, 6) is 1.61. The maximum absolute atomic E-state index is 12.1.